The van der Waals surface area contributed by atoms with Gasteiger partial charge in [-0.25, -0.2) is 9.50 Å². The number of aryl methyl sites for hydroxylation is 3. The number of fused-ring (bicyclic) bond motifs is 1. The molecule has 3 heterocycles. The van der Waals surface area contributed by atoms with Gasteiger partial charge in [0.25, 0.3) is 5.91 Å². The fraction of sp³-hybridized carbons (Fsp3) is 0.364. The van der Waals surface area contributed by atoms with Gasteiger partial charge in [0.1, 0.15) is 5.56 Å². The van der Waals surface area contributed by atoms with E-state index in [1.807, 2.05) is 57.2 Å². The van der Waals surface area contributed by atoms with E-state index >= 15 is 0 Å². The molecule has 0 saturated carbocycles. The molecule has 0 spiro atoms. The van der Waals surface area contributed by atoms with E-state index in [-0.39, 0.29) is 17.6 Å². The molecule has 0 bridgehead atoms. The van der Waals surface area contributed by atoms with Gasteiger partial charge in [0.05, 0.1) is 5.69 Å². The Kier molecular flexibility index (Phi) is 4.71. The van der Waals surface area contributed by atoms with Crippen molar-refractivity contribution >= 4 is 17.3 Å². The minimum atomic E-state index is -0.168. The van der Waals surface area contributed by atoms with Gasteiger partial charge in [-0.05, 0) is 39.7 Å². The zero-order valence-electron chi connectivity index (χ0n) is 16.5. The van der Waals surface area contributed by atoms with E-state index in [1.54, 1.807) is 9.42 Å². The largest absolute Gasteiger partial charge is 0.338 e. The Morgan fingerprint density at radius 2 is 1.86 bits per heavy atom. The zero-order valence-corrected chi connectivity index (χ0v) is 16.5. The normalized spacial score (nSPS) is 17.1. The number of benzene rings is 1. The molecule has 1 amide bonds. The Hall–Kier alpha value is -3.02. The summed E-state index contributed by atoms with van der Waals surface area (Å²) in [6.07, 6.45) is 1.63. The summed E-state index contributed by atoms with van der Waals surface area (Å²) >= 11 is 0. The number of hydrogen-bond donors (Lipinski definition) is 0. The van der Waals surface area contributed by atoms with Gasteiger partial charge in [-0.3, -0.25) is 9.59 Å². The van der Waals surface area contributed by atoms with Crippen molar-refractivity contribution in [2.45, 2.75) is 33.6 Å². The first kappa shape index (κ1) is 18.3. The number of carbonyl (C=O) groups is 2. The van der Waals surface area contributed by atoms with Gasteiger partial charge in [0.15, 0.2) is 11.4 Å². The van der Waals surface area contributed by atoms with Crippen molar-refractivity contribution in [3.63, 3.8) is 0 Å². The van der Waals surface area contributed by atoms with Crippen molar-refractivity contribution in [2.75, 3.05) is 13.1 Å². The standard InChI is InChI=1S/C22H24N4O2/c1-14-12-15(2)26-21(23-14)19(16(3)24-26)22(28)25-11-7-10-18(13-25)20(27)17-8-5-4-6-9-17/h4-6,8-9,12,18H,7,10-11,13H2,1-3H3/t18-/m1/s1. The van der Waals surface area contributed by atoms with Crippen molar-refractivity contribution in [3.05, 3.63) is 64.6 Å². The smallest absolute Gasteiger partial charge is 0.259 e. The predicted molar refractivity (Wildman–Crippen MR) is 107 cm³/mol. The van der Waals surface area contributed by atoms with Crippen molar-refractivity contribution in [1.82, 2.24) is 19.5 Å². The summed E-state index contributed by atoms with van der Waals surface area (Å²) in [4.78, 5) is 32.6. The quantitative estimate of drug-likeness (QED) is 0.657. The summed E-state index contributed by atoms with van der Waals surface area (Å²) in [5.41, 5.74) is 4.32. The average molecular weight is 376 g/mol. The van der Waals surface area contributed by atoms with E-state index in [0.717, 1.165) is 24.2 Å². The fourth-order valence-electron chi connectivity index (χ4n) is 4.05. The lowest BCUT2D eigenvalue weighted by Crippen LogP contribution is -2.42. The molecule has 3 aromatic rings. The first-order valence-corrected chi connectivity index (χ1v) is 9.68. The third-order valence-electron chi connectivity index (χ3n) is 5.42. The summed E-state index contributed by atoms with van der Waals surface area (Å²) < 4.78 is 1.73. The Bertz CT molecular complexity index is 1060. The van der Waals surface area contributed by atoms with Crippen molar-refractivity contribution in [3.8, 4) is 0 Å². The number of amides is 1. The van der Waals surface area contributed by atoms with Crippen LogP contribution in [-0.4, -0.2) is 44.3 Å². The number of hydrogen-bond acceptors (Lipinski definition) is 4. The number of likely N-dealkylation sites (tertiary alicyclic amines) is 1. The molecule has 6 nitrogen and oxygen atoms in total. The van der Waals surface area contributed by atoms with Crippen LogP contribution >= 0.6 is 0 Å². The summed E-state index contributed by atoms with van der Waals surface area (Å²) in [7, 11) is 0. The Balaban J connectivity index is 1.63. The van der Waals surface area contributed by atoms with E-state index in [4.69, 9.17) is 0 Å². The highest BCUT2D eigenvalue weighted by Gasteiger charge is 2.32. The molecule has 1 aliphatic rings. The first-order chi connectivity index (χ1) is 13.5. The molecule has 144 valence electrons. The molecule has 1 aromatic carbocycles. The minimum absolute atomic E-state index is 0.0874. The molecule has 4 rings (SSSR count). The van der Waals surface area contributed by atoms with Crippen molar-refractivity contribution in [2.24, 2.45) is 5.92 Å². The summed E-state index contributed by atoms with van der Waals surface area (Å²) in [6, 6.07) is 11.3. The fourth-order valence-corrected chi connectivity index (χ4v) is 4.05. The number of nitrogens with zero attached hydrogens (tertiary/aromatic N) is 4. The highest BCUT2D eigenvalue weighted by molar-refractivity contribution is 6.02. The zero-order chi connectivity index (χ0) is 19.8. The third kappa shape index (κ3) is 3.19. The second-order valence-corrected chi connectivity index (χ2v) is 7.56. The Morgan fingerprint density at radius 3 is 2.61 bits per heavy atom. The molecule has 1 saturated heterocycles. The Morgan fingerprint density at radius 1 is 1.11 bits per heavy atom. The molecule has 0 N–H and O–H groups in total. The van der Waals surface area contributed by atoms with Crippen LogP contribution < -0.4 is 0 Å². The van der Waals surface area contributed by atoms with Crippen LogP contribution in [0.1, 0.15) is 50.6 Å². The highest BCUT2D eigenvalue weighted by atomic mass is 16.2. The molecular formula is C22H24N4O2. The maximum Gasteiger partial charge on any atom is 0.259 e. The van der Waals surface area contributed by atoms with Crippen LogP contribution in [0.3, 0.4) is 0 Å². The molecule has 2 aromatic heterocycles. The molecule has 0 aliphatic carbocycles. The van der Waals surface area contributed by atoms with Crippen molar-refractivity contribution in [1.29, 1.82) is 0 Å². The summed E-state index contributed by atoms with van der Waals surface area (Å²) in [5, 5.41) is 4.51. The van der Waals surface area contributed by atoms with Crippen LogP contribution in [-0.2, 0) is 0 Å². The number of Topliss-reactive ketones (excluding diaryl/α,β-unsaturated/α-hetero) is 1. The second kappa shape index (κ2) is 7.19. The van der Waals surface area contributed by atoms with Gasteiger partial charge >= 0.3 is 0 Å². The molecule has 1 atom stereocenters. The van der Waals surface area contributed by atoms with E-state index in [9.17, 15) is 9.59 Å². The van der Waals surface area contributed by atoms with Gasteiger partial charge in [-0.1, -0.05) is 30.3 Å². The van der Waals surface area contributed by atoms with E-state index in [2.05, 4.69) is 10.1 Å². The van der Waals surface area contributed by atoms with Crippen LogP contribution in [0.15, 0.2) is 36.4 Å². The maximum atomic E-state index is 13.3. The lowest BCUT2D eigenvalue weighted by atomic mass is 9.89. The number of rotatable bonds is 3. The van der Waals surface area contributed by atoms with Gasteiger partial charge < -0.3 is 4.90 Å². The van der Waals surface area contributed by atoms with Gasteiger partial charge in [0, 0.05) is 36.0 Å². The maximum absolute atomic E-state index is 13.3. The topological polar surface area (TPSA) is 67.6 Å². The van der Waals surface area contributed by atoms with Crippen LogP contribution in [0.5, 0.6) is 0 Å². The molecule has 28 heavy (non-hydrogen) atoms. The average Bonchev–Trinajstić information content (AvgIpc) is 3.04. The Labute approximate surface area is 164 Å². The molecular weight excluding hydrogens is 352 g/mol. The SMILES string of the molecule is Cc1cc(C)n2nc(C)c(C(=O)N3CCC[C@@H](C(=O)c4ccccc4)C3)c2n1. The molecule has 0 radical (unpaired) electrons. The number of aromatic nitrogens is 3. The number of ketones is 1. The highest BCUT2D eigenvalue weighted by Crippen LogP contribution is 2.25. The molecule has 6 heteroatoms. The molecule has 1 aliphatic heterocycles. The van der Waals surface area contributed by atoms with Gasteiger partial charge in [-0.15, -0.1) is 0 Å². The summed E-state index contributed by atoms with van der Waals surface area (Å²) in [6.45, 7) is 6.80. The van der Waals surface area contributed by atoms with Crippen LogP contribution in [0.4, 0.5) is 0 Å². The van der Waals surface area contributed by atoms with E-state index < -0.39 is 0 Å². The lowest BCUT2D eigenvalue weighted by molar-refractivity contribution is 0.0638. The molecule has 1 fully saturated rings. The lowest BCUT2D eigenvalue weighted by Gasteiger charge is -2.32. The number of piperidine rings is 1. The minimum Gasteiger partial charge on any atom is -0.338 e. The van der Waals surface area contributed by atoms with Crippen LogP contribution in [0.25, 0.3) is 5.65 Å². The second-order valence-electron chi connectivity index (χ2n) is 7.56. The van der Waals surface area contributed by atoms with Gasteiger partial charge in [-0.2, -0.15) is 5.10 Å². The van der Waals surface area contributed by atoms with E-state index in [1.165, 1.54) is 0 Å². The monoisotopic (exact) mass is 376 g/mol. The first-order valence-electron chi connectivity index (χ1n) is 9.68. The predicted octanol–water partition coefficient (Wildman–Crippen LogP) is 3.39. The number of carbonyl (C=O) groups excluding carboxylic acids is 2. The van der Waals surface area contributed by atoms with Crippen LogP contribution in [0.2, 0.25) is 0 Å². The van der Waals surface area contributed by atoms with Crippen molar-refractivity contribution < 1.29 is 9.59 Å². The third-order valence-corrected chi connectivity index (χ3v) is 5.42. The van der Waals surface area contributed by atoms with Crippen LogP contribution in [0, 0.1) is 26.7 Å². The van der Waals surface area contributed by atoms with Gasteiger partial charge in [0.2, 0.25) is 0 Å². The summed E-state index contributed by atoms with van der Waals surface area (Å²) in [5.74, 6) is -0.145. The van der Waals surface area contributed by atoms with E-state index in [0.29, 0.717) is 35.6 Å². The molecule has 0 unspecified atom stereocenters.